The number of nitrogens with one attached hydrogen (secondary N) is 1. The normalized spacial score (nSPS) is 28.1. The summed E-state index contributed by atoms with van der Waals surface area (Å²) >= 11 is 0. The van der Waals surface area contributed by atoms with Gasteiger partial charge in [0, 0.05) is 6.54 Å². The van der Waals surface area contributed by atoms with Crippen molar-refractivity contribution in [3.8, 4) is 0 Å². The molecular weight excluding hydrogens is 162 g/mol. The van der Waals surface area contributed by atoms with Gasteiger partial charge in [-0.3, -0.25) is 0 Å². The average Bonchev–Trinajstić information content (AvgIpc) is 2.12. The van der Waals surface area contributed by atoms with E-state index in [0.717, 1.165) is 6.54 Å². The first-order valence-electron chi connectivity index (χ1n) is 3.96. The smallest absolute Gasteiger partial charge is 0.0707 e. The second-order valence-electron chi connectivity index (χ2n) is 3.60. The van der Waals surface area contributed by atoms with Crippen molar-refractivity contribution in [2.75, 3.05) is 13.6 Å². The SMILES string of the molecule is CNCC1CCC(C)(C)O1.Cl. The van der Waals surface area contributed by atoms with E-state index in [4.69, 9.17) is 4.74 Å². The third kappa shape index (κ3) is 3.41. The van der Waals surface area contributed by atoms with E-state index >= 15 is 0 Å². The van der Waals surface area contributed by atoms with Crippen LogP contribution >= 0.6 is 12.4 Å². The van der Waals surface area contributed by atoms with Gasteiger partial charge < -0.3 is 10.1 Å². The van der Waals surface area contributed by atoms with Crippen LogP contribution < -0.4 is 5.32 Å². The van der Waals surface area contributed by atoms with E-state index in [1.54, 1.807) is 0 Å². The van der Waals surface area contributed by atoms with E-state index in [0.29, 0.717) is 6.10 Å². The van der Waals surface area contributed by atoms with Crippen molar-refractivity contribution in [3.05, 3.63) is 0 Å². The lowest BCUT2D eigenvalue weighted by Gasteiger charge is -2.18. The zero-order valence-corrected chi connectivity index (χ0v) is 8.33. The monoisotopic (exact) mass is 179 g/mol. The molecule has 1 aliphatic heterocycles. The molecule has 0 bridgehead atoms. The van der Waals surface area contributed by atoms with Gasteiger partial charge in [0.15, 0.2) is 0 Å². The molecule has 1 heterocycles. The quantitative estimate of drug-likeness (QED) is 0.695. The zero-order valence-electron chi connectivity index (χ0n) is 7.52. The Morgan fingerprint density at radius 2 is 2.18 bits per heavy atom. The van der Waals surface area contributed by atoms with Crippen LogP contribution in [0.3, 0.4) is 0 Å². The van der Waals surface area contributed by atoms with Crippen LogP contribution in [0.15, 0.2) is 0 Å². The number of halogens is 1. The molecule has 0 spiro atoms. The van der Waals surface area contributed by atoms with E-state index in [2.05, 4.69) is 19.2 Å². The van der Waals surface area contributed by atoms with Crippen LogP contribution in [0.5, 0.6) is 0 Å². The summed E-state index contributed by atoms with van der Waals surface area (Å²) in [4.78, 5) is 0. The molecule has 1 unspecified atom stereocenters. The summed E-state index contributed by atoms with van der Waals surface area (Å²) in [6.07, 6.45) is 2.84. The van der Waals surface area contributed by atoms with E-state index in [-0.39, 0.29) is 18.0 Å². The van der Waals surface area contributed by atoms with Crippen LogP contribution in [0.1, 0.15) is 26.7 Å². The fourth-order valence-electron chi connectivity index (χ4n) is 1.45. The highest BCUT2D eigenvalue weighted by molar-refractivity contribution is 5.85. The van der Waals surface area contributed by atoms with Gasteiger partial charge in [0.25, 0.3) is 0 Å². The minimum atomic E-state index is 0. The molecule has 1 aliphatic rings. The fraction of sp³-hybridized carbons (Fsp3) is 1.00. The molecule has 68 valence electrons. The van der Waals surface area contributed by atoms with Crippen LogP contribution in [-0.2, 0) is 4.74 Å². The number of ether oxygens (including phenoxy) is 1. The molecule has 1 saturated heterocycles. The van der Waals surface area contributed by atoms with Gasteiger partial charge in [-0.05, 0) is 33.7 Å². The summed E-state index contributed by atoms with van der Waals surface area (Å²) in [5.74, 6) is 0. The molecule has 0 amide bonds. The van der Waals surface area contributed by atoms with Gasteiger partial charge in [-0.2, -0.15) is 0 Å². The fourth-order valence-corrected chi connectivity index (χ4v) is 1.45. The van der Waals surface area contributed by atoms with Gasteiger partial charge in [0.05, 0.1) is 11.7 Å². The van der Waals surface area contributed by atoms with E-state index in [1.165, 1.54) is 12.8 Å². The Morgan fingerprint density at radius 3 is 2.55 bits per heavy atom. The van der Waals surface area contributed by atoms with E-state index in [1.807, 2.05) is 7.05 Å². The minimum absolute atomic E-state index is 0. The van der Waals surface area contributed by atoms with Gasteiger partial charge in [-0.25, -0.2) is 0 Å². The molecule has 1 atom stereocenters. The lowest BCUT2D eigenvalue weighted by atomic mass is 10.1. The van der Waals surface area contributed by atoms with Gasteiger partial charge >= 0.3 is 0 Å². The molecule has 1 N–H and O–H groups in total. The molecule has 0 saturated carbocycles. The third-order valence-corrected chi connectivity index (χ3v) is 1.99. The predicted molar refractivity (Wildman–Crippen MR) is 49.4 cm³/mol. The van der Waals surface area contributed by atoms with Crippen LogP contribution in [0.25, 0.3) is 0 Å². The second kappa shape index (κ2) is 4.29. The van der Waals surface area contributed by atoms with Crippen LogP contribution in [0.4, 0.5) is 0 Å². The highest BCUT2D eigenvalue weighted by Crippen LogP contribution is 2.28. The van der Waals surface area contributed by atoms with E-state index < -0.39 is 0 Å². The number of hydrogen-bond acceptors (Lipinski definition) is 2. The maximum atomic E-state index is 5.73. The minimum Gasteiger partial charge on any atom is -0.371 e. The van der Waals surface area contributed by atoms with Crippen molar-refractivity contribution in [2.24, 2.45) is 0 Å². The Kier molecular flexibility index (Phi) is 4.37. The van der Waals surface area contributed by atoms with Gasteiger partial charge in [-0.1, -0.05) is 0 Å². The van der Waals surface area contributed by atoms with Crippen molar-refractivity contribution in [1.82, 2.24) is 5.32 Å². The lowest BCUT2D eigenvalue weighted by Crippen LogP contribution is -2.27. The largest absolute Gasteiger partial charge is 0.371 e. The standard InChI is InChI=1S/C8H17NO.ClH/c1-8(2)5-4-7(10-8)6-9-3;/h7,9H,4-6H2,1-3H3;1H. The Balaban J connectivity index is 0.000001000. The summed E-state index contributed by atoms with van der Waals surface area (Å²) in [7, 11) is 1.97. The topological polar surface area (TPSA) is 21.3 Å². The molecule has 0 aromatic heterocycles. The number of rotatable bonds is 2. The molecule has 0 aromatic rings. The maximum Gasteiger partial charge on any atom is 0.0707 e. The van der Waals surface area contributed by atoms with Crippen molar-refractivity contribution in [3.63, 3.8) is 0 Å². The molecule has 0 aliphatic carbocycles. The summed E-state index contributed by atoms with van der Waals surface area (Å²) in [5, 5.41) is 3.12. The third-order valence-electron chi connectivity index (χ3n) is 1.99. The molecule has 0 aromatic carbocycles. The molecule has 3 heteroatoms. The van der Waals surface area contributed by atoms with E-state index in [9.17, 15) is 0 Å². The summed E-state index contributed by atoms with van der Waals surface area (Å²) in [5.41, 5.74) is 0.127. The van der Waals surface area contributed by atoms with Crippen molar-refractivity contribution in [2.45, 2.75) is 38.4 Å². The lowest BCUT2D eigenvalue weighted by molar-refractivity contribution is -0.0134. The first kappa shape index (κ1) is 11.2. The summed E-state index contributed by atoms with van der Waals surface area (Å²) in [6, 6.07) is 0. The highest BCUT2D eigenvalue weighted by atomic mass is 35.5. The molecule has 1 fully saturated rings. The summed E-state index contributed by atoms with van der Waals surface area (Å²) < 4.78 is 5.73. The van der Waals surface area contributed by atoms with Crippen LogP contribution in [-0.4, -0.2) is 25.3 Å². The zero-order chi connectivity index (χ0) is 7.61. The first-order chi connectivity index (χ1) is 4.64. The Hall–Kier alpha value is 0.210. The summed E-state index contributed by atoms with van der Waals surface area (Å²) in [6.45, 7) is 5.30. The van der Waals surface area contributed by atoms with Crippen molar-refractivity contribution in [1.29, 1.82) is 0 Å². The Labute approximate surface area is 75.1 Å². The van der Waals surface area contributed by atoms with Crippen molar-refractivity contribution < 1.29 is 4.74 Å². The Bertz CT molecular complexity index is 117. The Morgan fingerprint density at radius 1 is 1.55 bits per heavy atom. The number of hydrogen-bond donors (Lipinski definition) is 1. The average molecular weight is 180 g/mol. The van der Waals surface area contributed by atoms with Crippen LogP contribution in [0, 0.1) is 0 Å². The van der Waals surface area contributed by atoms with Crippen molar-refractivity contribution >= 4 is 12.4 Å². The predicted octanol–water partition coefficient (Wildman–Crippen LogP) is 1.59. The molecule has 1 rings (SSSR count). The molecule has 0 radical (unpaired) electrons. The van der Waals surface area contributed by atoms with Gasteiger partial charge in [-0.15, -0.1) is 12.4 Å². The van der Waals surface area contributed by atoms with Gasteiger partial charge in [0.1, 0.15) is 0 Å². The van der Waals surface area contributed by atoms with Crippen LogP contribution in [0.2, 0.25) is 0 Å². The molecular formula is C8H18ClNO. The second-order valence-corrected chi connectivity index (χ2v) is 3.60. The van der Waals surface area contributed by atoms with Gasteiger partial charge in [0.2, 0.25) is 0 Å². The molecule has 11 heavy (non-hydrogen) atoms. The highest BCUT2D eigenvalue weighted by Gasteiger charge is 2.30. The first-order valence-corrected chi connectivity index (χ1v) is 3.96. The molecule has 2 nitrogen and oxygen atoms in total. The number of likely N-dealkylation sites (N-methyl/N-ethyl adjacent to an activating group) is 1. The maximum absolute atomic E-state index is 5.73.